The number of nitrogens with zero attached hydrogens (tertiary/aromatic N) is 3. The van der Waals surface area contributed by atoms with Crippen molar-refractivity contribution < 1.29 is 4.79 Å². The molecule has 28 heavy (non-hydrogen) atoms. The molecule has 5 rings (SSSR count). The largest absolute Gasteiger partial charge is 0.353 e. The molecule has 0 spiro atoms. The zero-order valence-corrected chi connectivity index (χ0v) is 15.6. The fourth-order valence-electron chi connectivity index (χ4n) is 4.01. The Bertz CT molecular complexity index is 1150. The number of rotatable bonds is 2. The Morgan fingerprint density at radius 3 is 2.04 bits per heavy atom. The minimum Gasteiger partial charge on any atom is -0.353 e. The van der Waals surface area contributed by atoms with Gasteiger partial charge in [0.2, 0.25) is 0 Å². The number of anilines is 1. The number of pyridine rings is 1. The van der Waals surface area contributed by atoms with Gasteiger partial charge in [0.25, 0.3) is 5.91 Å². The van der Waals surface area contributed by atoms with E-state index < -0.39 is 0 Å². The number of fused-ring (bicyclic) bond motifs is 3. The molecule has 1 fully saturated rings. The van der Waals surface area contributed by atoms with Gasteiger partial charge in [0.15, 0.2) is 0 Å². The molecule has 0 N–H and O–H groups in total. The van der Waals surface area contributed by atoms with Crippen molar-refractivity contribution in [3.05, 3.63) is 84.4 Å². The van der Waals surface area contributed by atoms with Crippen LogP contribution < -0.4 is 4.90 Å². The Labute approximate surface area is 164 Å². The summed E-state index contributed by atoms with van der Waals surface area (Å²) in [6, 6.07) is 26.3. The van der Waals surface area contributed by atoms with Crippen molar-refractivity contribution in [2.75, 3.05) is 31.1 Å². The van der Waals surface area contributed by atoms with E-state index in [0.717, 1.165) is 30.0 Å². The van der Waals surface area contributed by atoms with Crippen molar-refractivity contribution in [2.45, 2.75) is 0 Å². The van der Waals surface area contributed by atoms with Gasteiger partial charge in [-0.2, -0.15) is 0 Å². The molecule has 0 radical (unpaired) electrons. The predicted molar refractivity (Wildman–Crippen MR) is 114 cm³/mol. The summed E-state index contributed by atoms with van der Waals surface area (Å²) in [4.78, 5) is 21.9. The summed E-state index contributed by atoms with van der Waals surface area (Å²) >= 11 is 0. The van der Waals surface area contributed by atoms with Crippen LogP contribution in [0.15, 0.2) is 78.9 Å². The molecule has 1 aliphatic rings. The van der Waals surface area contributed by atoms with Gasteiger partial charge in [0, 0.05) is 42.5 Å². The van der Waals surface area contributed by atoms with Gasteiger partial charge in [-0.25, -0.2) is 4.98 Å². The molecule has 4 heteroatoms. The lowest BCUT2D eigenvalue weighted by molar-refractivity contribution is 0.0746. The van der Waals surface area contributed by atoms with Gasteiger partial charge in [-0.15, -0.1) is 0 Å². The molecule has 0 unspecified atom stereocenters. The predicted octanol–water partition coefficient (Wildman–Crippen LogP) is 4.35. The molecule has 0 bridgehead atoms. The number of aromatic nitrogens is 1. The highest BCUT2D eigenvalue weighted by Gasteiger charge is 2.24. The Morgan fingerprint density at radius 1 is 0.679 bits per heavy atom. The van der Waals surface area contributed by atoms with Gasteiger partial charge in [0.1, 0.15) is 5.82 Å². The van der Waals surface area contributed by atoms with Crippen LogP contribution in [0, 0.1) is 0 Å². The third-order valence-electron chi connectivity index (χ3n) is 5.48. The topological polar surface area (TPSA) is 36.4 Å². The number of carbonyl (C=O) groups is 1. The maximum atomic E-state index is 12.7. The number of hydrogen-bond donors (Lipinski definition) is 0. The summed E-state index contributed by atoms with van der Waals surface area (Å²) in [5.74, 6) is 1.12. The Hall–Kier alpha value is -3.40. The minimum absolute atomic E-state index is 0.108. The van der Waals surface area contributed by atoms with Crippen molar-refractivity contribution in [1.82, 2.24) is 9.88 Å². The van der Waals surface area contributed by atoms with Gasteiger partial charge >= 0.3 is 0 Å². The third kappa shape index (κ3) is 2.87. The number of amides is 1. The van der Waals surface area contributed by atoms with E-state index >= 15 is 0 Å². The van der Waals surface area contributed by atoms with Crippen molar-refractivity contribution in [3.8, 4) is 0 Å². The van der Waals surface area contributed by atoms with Crippen LogP contribution in [0.1, 0.15) is 10.4 Å². The number of hydrogen-bond acceptors (Lipinski definition) is 3. The van der Waals surface area contributed by atoms with E-state index in [9.17, 15) is 4.79 Å². The molecule has 0 saturated carbocycles. The van der Waals surface area contributed by atoms with Crippen molar-refractivity contribution in [2.24, 2.45) is 0 Å². The molecule has 0 aliphatic carbocycles. The van der Waals surface area contributed by atoms with Crippen LogP contribution in [0.3, 0.4) is 0 Å². The van der Waals surface area contributed by atoms with E-state index in [1.54, 1.807) is 0 Å². The van der Waals surface area contributed by atoms with Gasteiger partial charge in [-0.3, -0.25) is 4.79 Å². The number of para-hydroxylation sites is 1. The van der Waals surface area contributed by atoms with E-state index in [4.69, 9.17) is 4.98 Å². The fourth-order valence-corrected chi connectivity index (χ4v) is 4.01. The quantitative estimate of drug-likeness (QED) is 0.494. The van der Waals surface area contributed by atoms with Gasteiger partial charge in [0.05, 0.1) is 5.52 Å². The van der Waals surface area contributed by atoms with E-state index in [1.165, 1.54) is 16.2 Å². The number of piperazine rings is 1. The third-order valence-corrected chi connectivity index (χ3v) is 5.48. The SMILES string of the molecule is O=C(c1ccccc1)N1CCN(c2nc3ccccc3c3ccccc23)CC1. The van der Waals surface area contributed by atoms with E-state index in [0.29, 0.717) is 13.1 Å². The highest BCUT2D eigenvalue weighted by atomic mass is 16.2. The zero-order valence-electron chi connectivity index (χ0n) is 15.6. The molecule has 0 atom stereocenters. The van der Waals surface area contributed by atoms with Crippen LogP contribution in [0.5, 0.6) is 0 Å². The number of carbonyl (C=O) groups excluding carboxylic acids is 1. The summed E-state index contributed by atoms with van der Waals surface area (Å²) in [6.45, 7) is 2.98. The first-order valence-corrected chi connectivity index (χ1v) is 9.68. The number of benzene rings is 3. The lowest BCUT2D eigenvalue weighted by Crippen LogP contribution is -2.49. The van der Waals surface area contributed by atoms with E-state index in [2.05, 4.69) is 47.4 Å². The standard InChI is InChI=1S/C24H21N3O/c28-24(18-8-2-1-3-9-18)27-16-14-26(15-17-27)23-21-12-5-4-10-19(21)20-11-6-7-13-22(20)25-23/h1-13H,14-17H2. The highest BCUT2D eigenvalue weighted by Crippen LogP contribution is 2.31. The van der Waals surface area contributed by atoms with Crippen LogP contribution in [0.2, 0.25) is 0 Å². The van der Waals surface area contributed by atoms with Gasteiger partial charge in [-0.1, -0.05) is 60.7 Å². The van der Waals surface area contributed by atoms with Crippen LogP contribution in [-0.2, 0) is 0 Å². The second-order valence-corrected chi connectivity index (χ2v) is 7.14. The zero-order chi connectivity index (χ0) is 18.9. The fraction of sp³-hybridized carbons (Fsp3) is 0.167. The van der Waals surface area contributed by atoms with Crippen LogP contribution >= 0.6 is 0 Å². The molecule has 1 aromatic heterocycles. The first kappa shape index (κ1) is 16.8. The maximum absolute atomic E-state index is 12.7. The van der Waals surface area contributed by atoms with Crippen molar-refractivity contribution in [1.29, 1.82) is 0 Å². The molecule has 138 valence electrons. The summed E-state index contributed by atoms with van der Waals surface area (Å²) in [7, 11) is 0. The monoisotopic (exact) mass is 367 g/mol. The molecular weight excluding hydrogens is 346 g/mol. The molecule has 3 aromatic carbocycles. The lowest BCUT2D eigenvalue weighted by atomic mass is 10.1. The highest BCUT2D eigenvalue weighted by molar-refractivity contribution is 6.10. The lowest BCUT2D eigenvalue weighted by Gasteiger charge is -2.36. The van der Waals surface area contributed by atoms with Crippen LogP contribution in [0.4, 0.5) is 5.82 Å². The van der Waals surface area contributed by atoms with E-state index in [1.807, 2.05) is 41.3 Å². The molecule has 2 heterocycles. The second-order valence-electron chi connectivity index (χ2n) is 7.14. The second kappa shape index (κ2) is 6.97. The average molecular weight is 367 g/mol. The van der Waals surface area contributed by atoms with Crippen molar-refractivity contribution in [3.63, 3.8) is 0 Å². The molecule has 1 saturated heterocycles. The Balaban J connectivity index is 1.45. The first-order valence-electron chi connectivity index (χ1n) is 9.68. The summed E-state index contributed by atoms with van der Waals surface area (Å²) in [5.41, 5.74) is 1.77. The molecule has 1 amide bonds. The average Bonchev–Trinajstić information content (AvgIpc) is 2.79. The summed E-state index contributed by atoms with van der Waals surface area (Å²) in [6.07, 6.45) is 0. The molecule has 4 nitrogen and oxygen atoms in total. The molecular formula is C24H21N3O. The van der Waals surface area contributed by atoms with Crippen molar-refractivity contribution >= 4 is 33.4 Å². The van der Waals surface area contributed by atoms with Gasteiger partial charge < -0.3 is 9.80 Å². The minimum atomic E-state index is 0.108. The normalized spacial score (nSPS) is 14.6. The summed E-state index contributed by atoms with van der Waals surface area (Å²) < 4.78 is 0. The first-order chi connectivity index (χ1) is 13.8. The summed E-state index contributed by atoms with van der Waals surface area (Å²) in [5, 5.41) is 3.58. The van der Waals surface area contributed by atoms with Gasteiger partial charge in [-0.05, 0) is 23.6 Å². The molecule has 1 aliphatic heterocycles. The maximum Gasteiger partial charge on any atom is 0.253 e. The molecule has 4 aromatic rings. The smallest absolute Gasteiger partial charge is 0.253 e. The van der Waals surface area contributed by atoms with E-state index in [-0.39, 0.29) is 5.91 Å². The Morgan fingerprint density at radius 2 is 1.29 bits per heavy atom. The van der Waals surface area contributed by atoms with Crippen LogP contribution in [0.25, 0.3) is 21.7 Å². The van der Waals surface area contributed by atoms with Crippen LogP contribution in [-0.4, -0.2) is 42.0 Å². The Kier molecular flexibility index (Phi) is 4.17.